The zero-order valence-electron chi connectivity index (χ0n) is 16.2. The van der Waals surface area contributed by atoms with Crippen molar-refractivity contribution in [3.05, 3.63) is 118 Å². The highest BCUT2D eigenvalue weighted by Crippen LogP contribution is 2.49. The van der Waals surface area contributed by atoms with Gasteiger partial charge in [-0.3, -0.25) is 0 Å². The Morgan fingerprint density at radius 2 is 1.04 bits per heavy atom. The van der Waals surface area contributed by atoms with Gasteiger partial charge in [-0.15, -0.1) is 0 Å². The molecule has 1 heterocycles. The SMILES string of the molecule is Cc1ccc2ccc(C)c3c2c1[C@H](c1ccccc1)N([OH2+])[C@H]3c1ccccc1. The van der Waals surface area contributed by atoms with Crippen molar-refractivity contribution in [2.24, 2.45) is 0 Å². The first kappa shape index (κ1) is 17.2. The first-order chi connectivity index (χ1) is 13.7. The lowest BCUT2D eigenvalue weighted by atomic mass is 9.78. The monoisotopic (exact) mass is 366 g/mol. The predicted octanol–water partition coefficient (Wildman–Crippen LogP) is 5.59. The molecule has 2 atom stereocenters. The maximum atomic E-state index is 9.28. The molecule has 0 unspecified atom stereocenters. The molecule has 0 aliphatic carbocycles. The van der Waals surface area contributed by atoms with E-state index in [1.807, 2.05) is 17.2 Å². The van der Waals surface area contributed by atoms with Gasteiger partial charge in [0.2, 0.25) is 0 Å². The molecule has 138 valence electrons. The van der Waals surface area contributed by atoms with E-state index in [0.717, 1.165) is 0 Å². The lowest BCUT2D eigenvalue weighted by Gasteiger charge is -2.38. The molecule has 2 N–H and O–H groups in total. The molecule has 4 aromatic carbocycles. The second kappa shape index (κ2) is 6.59. The van der Waals surface area contributed by atoms with Crippen LogP contribution in [0.5, 0.6) is 0 Å². The van der Waals surface area contributed by atoms with Crippen molar-refractivity contribution in [2.45, 2.75) is 25.9 Å². The van der Waals surface area contributed by atoms with Crippen molar-refractivity contribution in [1.29, 1.82) is 0 Å². The Hall–Kier alpha value is -2.94. The zero-order valence-corrected chi connectivity index (χ0v) is 16.2. The third kappa shape index (κ3) is 2.50. The van der Waals surface area contributed by atoms with E-state index < -0.39 is 0 Å². The summed E-state index contributed by atoms with van der Waals surface area (Å²) < 4.78 is 0. The molecule has 0 radical (unpaired) electrons. The summed E-state index contributed by atoms with van der Waals surface area (Å²) >= 11 is 0. The summed E-state index contributed by atoms with van der Waals surface area (Å²) in [6.07, 6.45) is 0. The van der Waals surface area contributed by atoms with Crippen molar-refractivity contribution in [3.63, 3.8) is 0 Å². The van der Waals surface area contributed by atoms with Gasteiger partial charge in [0.15, 0.2) is 0 Å². The molecule has 0 fully saturated rings. The first-order valence-corrected chi connectivity index (χ1v) is 9.79. The topological polar surface area (TPSA) is 26.1 Å². The minimum Gasteiger partial charge on any atom is -0.337 e. The second-order valence-corrected chi connectivity index (χ2v) is 7.72. The Morgan fingerprint density at radius 1 is 0.607 bits per heavy atom. The fourth-order valence-electron chi connectivity index (χ4n) is 4.74. The molecule has 0 saturated heterocycles. The molecule has 0 aromatic heterocycles. The van der Waals surface area contributed by atoms with Crippen molar-refractivity contribution in [2.75, 3.05) is 0 Å². The van der Waals surface area contributed by atoms with E-state index in [0.29, 0.717) is 0 Å². The standard InChI is InChI=1S/C26H23NO/c1-17-13-15-19-16-14-18(2)23-24(19)22(17)25(20-9-5-3-6-10-20)27(28)26(23)21-11-7-4-8-12-21/h3-16,25-26,28H,1-2H3/p+1/t25-,26-/m0/s1. The minimum atomic E-state index is -0.0931. The summed E-state index contributed by atoms with van der Waals surface area (Å²) in [4.78, 5) is 0. The molecule has 5 rings (SSSR count). The van der Waals surface area contributed by atoms with Crippen molar-refractivity contribution >= 4 is 10.8 Å². The van der Waals surface area contributed by atoms with Crippen LogP contribution in [0.15, 0.2) is 84.9 Å². The van der Waals surface area contributed by atoms with Crippen LogP contribution in [0.4, 0.5) is 0 Å². The van der Waals surface area contributed by atoms with E-state index in [1.54, 1.807) is 0 Å². The fourth-order valence-corrected chi connectivity index (χ4v) is 4.74. The molecule has 28 heavy (non-hydrogen) atoms. The summed E-state index contributed by atoms with van der Waals surface area (Å²) in [6.45, 7) is 4.35. The maximum absolute atomic E-state index is 9.28. The van der Waals surface area contributed by atoms with Crippen LogP contribution in [0.25, 0.3) is 10.8 Å². The number of nitrogens with zero attached hydrogens (tertiary/aromatic N) is 1. The fraction of sp³-hybridized carbons (Fsp3) is 0.154. The van der Waals surface area contributed by atoms with Gasteiger partial charge in [0, 0.05) is 0 Å². The molecule has 1 aliphatic rings. The van der Waals surface area contributed by atoms with Crippen LogP contribution in [0, 0.1) is 13.8 Å². The molecule has 0 bridgehead atoms. The van der Waals surface area contributed by atoms with Crippen molar-refractivity contribution in [1.82, 2.24) is 5.06 Å². The van der Waals surface area contributed by atoms with E-state index in [1.165, 1.54) is 44.2 Å². The van der Waals surface area contributed by atoms with E-state index in [4.69, 9.17) is 0 Å². The van der Waals surface area contributed by atoms with E-state index >= 15 is 0 Å². The van der Waals surface area contributed by atoms with Crippen LogP contribution in [-0.2, 0) is 0 Å². The Bertz CT molecular complexity index is 1060. The first-order valence-electron chi connectivity index (χ1n) is 9.79. The van der Waals surface area contributed by atoms with E-state index in [9.17, 15) is 5.21 Å². The van der Waals surface area contributed by atoms with Gasteiger partial charge in [0.1, 0.15) is 12.1 Å². The van der Waals surface area contributed by atoms with Gasteiger partial charge in [-0.2, -0.15) is 0 Å². The van der Waals surface area contributed by atoms with Gasteiger partial charge in [0.25, 0.3) is 0 Å². The van der Waals surface area contributed by atoms with E-state index in [-0.39, 0.29) is 12.1 Å². The van der Waals surface area contributed by atoms with E-state index in [2.05, 4.69) is 86.6 Å². The average molecular weight is 366 g/mol. The number of hydrogen-bond acceptors (Lipinski definition) is 1. The van der Waals surface area contributed by atoms with Crippen LogP contribution < -0.4 is 0 Å². The number of rotatable bonds is 2. The van der Waals surface area contributed by atoms with Gasteiger partial charge < -0.3 is 5.21 Å². The molecule has 4 aromatic rings. The smallest absolute Gasteiger partial charge is 0.130 e. The zero-order chi connectivity index (χ0) is 19.3. The van der Waals surface area contributed by atoms with Gasteiger partial charge >= 0.3 is 0 Å². The minimum absolute atomic E-state index is 0.0931. The third-order valence-corrected chi connectivity index (χ3v) is 6.04. The molecule has 2 heteroatoms. The largest absolute Gasteiger partial charge is 0.337 e. The summed E-state index contributed by atoms with van der Waals surface area (Å²) in [7, 11) is 0. The number of hydrogen-bond donors (Lipinski definition) is 0. The Labute approximate surface area is 165 Å². The molecular formula is C26H24NO+. The molecular weight excluding hydrogens is 342 g/mol. The quantitative estimate of drug-likeness (QED) is 0.425. The van der Waals surface area contributed by atoms with Gasteiger partial charge in [0.05, 0.1) is 0 Å². The average Bonchev–Trinajstić information content (AvgIpc) is 2.73. The molecule has 0 amide bonds. The highest BCUT2D eigenvalue weighted by atomic mass is 16.5. The van der Waals surface area contributed by atoms with Gasteiger partial charge in [-0.25, -0.2) is 0 Å². The number of aryl methyl sites for hydroxylation is 2. The Morgan fingerprint density at radius 3 is 1.46 bits per heavy atom. The normalized spacial score (nSPS) is 19.1. The Kier molecular flexibility index (Phi) is 4.04. The van der Waals surface area contributed by atoms with Crippen LogP contribution in [-0.4, -0.2) is 10.3 Å². The summed E-state index contributed by atoms with van der Waals surface area (Å²) in [5.74, 6) is 0. The van der Waals surface area contributed by atoms with Crippen LogP contribution in [0.1, 0.15) is 45.5 Å². The van der Waals surface area contributed by atoms with Gasteiger partial charge in [-0.1, -0.05) is 90.0 Å². The van der Waals surface area contributed by atoms with Crippen LogP contribution in [0.3, 0.4) is 0 Å². The summed E-state index contributed by atoms with van der Waals surface area (Å²) in [5, 5.41) is 13.7. The lowest BCUT2D eigenvalue weighted by molar-refractivity contribution is -0.144. The highest BCUT2D eigenvalue weighted by molar-refractivity contribution is 5.93. The number of hydroxylamine groups is 2. The molecule has 2 nitrogen and oxygen atoms in total. The number of benzene rings is 4. The predicted molar refractivity (Wildman–Crippen MR) is 115 cm³/mol. The Balaban J connectivity index is 1.90. The summed E-state index contributed by atoms with van der Waals surface area (Å²) in [6, 6.07) is 29.6. The lowest BCUT2D eigenvalue weighted by Crippen LogP contribution is -2.36. The molecule has 0 saturated carbocycles. The molecule has 1 aliphatic heterocycles. The van der Waals surface area contributed by atoms with Gasteiger partial charge in [-0.05, 0) is 58.0 Å². The maximum Gasteiger partial charge on any atom is 0.130 e. The van der Waals surface area contributed by atoms with Crippen LogP contribution in [0.2, 0.25) is 0 Å². The highest BCUT2D eigenvalue weighted by Gasteiger charge is 2.41. The van der Waals surface area contributed by atoms with Crippen LogP contribution >= 0.6 is 0 Å². The molecule has 0 spiro atoms. The van der Waals surface area contributed by atoms with Crippen molar-refractivity contribution in [3.8, 4) is 0 Å². The summed E-state index contributed by atoms with van der Waals surface area (Å²) in [5.41, 5.74) is 7.37. The second-order valence-electron chi connectivity index (χ2n) is 7.72. The van der Waals surface area contributed by atoms with Crippen molar-refractivity contribution < 1.29 is 5.21 Å². The third-order valence-electron chi connectivity index (χ3n) is 6.04.